The molecule has 18 heavy (non-hydrogen) atoms. The Morgan fingerprint density at radius 1 is 1.22 bits per heavy atom. The van der Waals surface area contributed by atoms with E-state index in [4.69, 9.17) is 5.73 Å². The summed E-state index contributed by atoms with van der Waals surface area (Å²) in [6, 6.07) is 7.97. The van der Waals surface area contributed by atoms with Crippen LogP contribution in [-0.2, 0) is 4.79 Å². The van der Waals surface area contributed by atoms with Crippen molar-refractivity contribution in [1.29, 1.82) is 0 Å². The Bertz CT molecular complexity index is 393. The van der Waals surface area contributed by atoms with Gasteiger partial charge >= 0.3 is 0 Å². The van der Waals surface area contributed by atoms with Crippen LogP contribution in [0, 0.1) is 0 Å². The van der Waals surface area contributed by atoms with Gasteiger partial charge in [-0.2, -0.15) is 0 Å². The van der Waals surface area contributed by atoms with Gasteiger partial charge in [-0.25, -0.2) is 0 Å². The first kappa shape index (κ1) is 13.1. The van der Waals surface area contributed by atoms with Crippen molar-refractivity contribution in [2.75, 3.05) is 7.05 Å². The molecule has 1 aliphatic rings. The minimum Gasteiger partial charge on any atom is -0.368 e. The second-order valence-electron chi connectivity index (χ2n) is 5.13. The first-order chi connectivity index (χ1) is 8.72. The molecule has 1 fully saturated rings. The number of nitrogens with two attached hydrogens (primary N) is 1. The van der Waals surface area contributed by atoms with E-state index in [1.165, 1.54) is 37.7 Å². The Labute approximate surface area is 109 Å². The quantitative estimate of drug-likeness (QED) is 0.857. The number of benzene rings is 1. The van der Waals surface area contributed by atoms with E-state index in [9.17, 15) is 4.79 Å². The summed E-state index contributed by atoms with van der Waals surface area (Å²) >= 11 is 0. The highest BCUT2D eigenvalue weighted by atomic mass is 16.1. The summed E-state index contributed by atoms with van der Waals surface area (Å²) in [6.07, 6.45) is 6.65. The van der Waals surface area contributed by atoms with Crippen molar-refractivity contribution in [2.24, 2.45) is 5.73 Å². The molecule has 0 heterocycles. The van der Waals surface area contributed by atoms with E-state index in [1.807, 2.05) is 12.1 Å². The number of hydrogen-bond donors (Lipinski definition) is 2. The fourth-order valence-corrected chi connectivity index (χ4v) is 2.87. The summed E-state index contributed by atoms with van der Waals surface area (Å²) in [5, 5.41) is 2.94. The fraction of sp³-hybridized carbons (Fsp3) is 0.533. The van der Waals surface area contributed by atoms with Crippen LogP contribution in [0.25, 0.3) is 0 Å². The smallest absolute Gasteiger partial charge is 0.239 e. The predicted molar refractivity (Wildman–Crippen MR) is 73.3 cm³/mol. The number of carbonyl (C=O) groups excluding carboxylic acids is 1. The maximum Gasteiger partial charge on any atom is 0.239 e. The highest BCUT2D eigenvalue weighted by molar-refractivity contribution is 5.81. The van der Waals surface area contributed by atoms with Crippen LogP contribution in [0.1, 0.15) is 55.2 Å². The van der Waals surface area contributed by atoms with Crippen molar-refractivity contribution in [3.63, 3.8) is 0 Å². The van der Waals surface area contributed by atoms with Crippen molar-refractivity contribution in [3.8, 4) is 0 Å². The number of rotatable bonds is 4. The minimum absolute atomic E-state index is 0.331. The molecule has 0 aliphatic heterocycles. The highest BCUT2D eigenvalue weighted by Crippen LogP contribution is 2.32. The zero-order valence-corrected chi connectivity index (χ0v) is 11.0. The number of hydrogen-bond acceptors (Lipinski definition) is 2. The fourth-order valence-electron chi connectivity index (χ4n) is 2.87. The average Bonchev–Trinajstić information content (AvgIpc) is 2.41. The molecule has 1 aromatic carbocycles. The van der Waals surface area contributed by atoms with Gasteiger partial charge in [-0.15, -0.1) is 0 Å². The van der Waals surface area contributed by atoms with Crippen LogP contribution in [0.4, 0.5) is 0 Å². The first-order valence-corrected chi connectivity index (χ1v) is 6.79. The Morgan fingerprint density at radius 3 is 2.33 bits per heavy atom. The molecule has 3 heteroatoms. The molecule has 1 aliphatic carbocycles. The van der Waals surface area contributed by atoms with Gasteiger partial charge in [-0.1, -0.05) is 43.5 Å². The molecule has 1 atom stereocenters. The van der Waals surface area contributed by atoms with Gasteiger partial charge in [0.15, 0.2) is 0 Å². The molecule has 3 nitrogen and oxygen atoms in total. The lowest BCUT2D eigenvalue weighted by Crippen LogP contribution is -2.31. The standard InChI is InChI=1S/C15H22N2O/c1-17-14(15(16)18)13-9-7-12(8-10-13)11-5-3-2-4-6-11/h7-11,14,17H,2-6H2,1H3,(H2,16,18). The van der Waals surface area contributed by atoms with E-state index >= 15 is 0 Å². The van der Waals surface area contributed by atoms with E-state index < -0.39 is 0 Å². The lowest BCUT2D eigenvalue weighted by molar-refractivity contribution is -0.120. The molecule has 1 saturated carbocycles. The number of amides is 1. The molecule has 1 amide bonds. The van der Waals surface area contributed by atoms with Crippen molar-refractivity contribution in [2.45, 2.75) is 44.1 Å². The van der Waals surface area contributed by atoms with E-state index in [-0.39, 0.29) is 11.9 Å². The third kappa shape index (κ3) is 2.91. The second kappa shape index (κ2) is 6.01. The van der Waals surface area contributed by atoms with Crippen molar-refractivity contribution in [1.82, 2.24) is 5.32 Å². The van der Waals surface area contributed by atoms with Crippen LogP contribution in [-0.4, -0.2) is 13.0 Å². The molecular weight excluding hydrogens is 224 g/mol. The van der Waals surface area contributed by atoms with Gasteiger partial charge in [-0.05, 0) is 36.9 Å². The zero-order chi connectivity index (χ0) is 13.0. The van der Waals surface area contributed by atoms with Crippen LogP contribution < -0.4 is 11.1 Å². The summed E-state index contributed by atoms with van der Waals surface area (Å²) < 4.78 is 0. The molecule has 1 unspecified atom stereocenters. The molecule has 3 N–H and O–H groups in total. The van der Waals surface area contributed by atoms with Crippen LogP contribution in [0.3, 0.4) is 0 Å². The van der Waals surface area contributed by atoms with Gasteiger partial charge in [0.25, 0.3) is 0 Å². The van der Waals surface area contributed by atoms with Crippen molar-refractivity contribution in [3.05, 3.63) is 35.4 Å². The maximum atomic E-state index is 11.3. The summed E-state index contributed by atoms with van der Waals surface area (Å²) in [7, 11) is 1.75. The third-order valence-corrected chi connectivity index (χ3v) is 3.92. The van der Waals surface area contributed by atoms with Crippen LogP contribution in [0.2, 0.25) is 0 Å². The Hall–Kier alpha value is -1.35. The molecule has 1 aromatic rings. The molecule has 0 saturated heterocycles. The summed E-state index contributed by atoms with van der Waals surface area (Å²) in [4.78, 5) is 11.3. The average molecular weight is 246 g/mol. The van der Waals surface area contributed by atoms with Gasteiger partial charge in [0.2, 0.25) is 5.91 Å². The van der Waals surface area contributed by atoms with Gasteiger partial charge in [0.05, 0.1) is 0 Å². The lowest BCUT2D eigenvalue weighted by atomic mass is 9.83. The summed E-state index contributed by atoms with van der Waals surface area (Å²) in [6.45, 7) is 0. The third-order valence-electron chi connectivity index (χ3n) is 3.92. The minimum atomic E-state index is -0.384. The monoisotopic (exact) mass is 246 g/mol. The van der Waals surface area contributed by atoms with Crippen molar-refractivity contribution >= 4 is 5.91 Å². The lowest BCUT2D eigenvalue weighted by Gasteiger charge is -2.22. The normalized spacial score (nSPS) is 18.5. The van der Waals surface area contributed by atoms with E-state index in [2.05, 4.69) is 17.4 Å². The van der Waals surface area contributed by atoms with E-state index in [0.717, 1.165) is 5.56 Å². The molecular formula is C15H22N2O. The van der Waals surface area contributed by atoms with Crippen molar-refractivity contribution < 1.29 is 4.79 Å². The topological polar surface area (TPSA) is 55.1 Å². The predicted octanol–water partition coefficient (Wildman–Crippen LogP) is 2.48. The highest BCUT2D eigenvalue weighted by Gasteiger charge is 2.18. The largest absolute Gasteiger partial charge is 0.368 e. The molecule has 98 valence electrons. The maximum absolute atomic E-state index is 11.3. The number of nitrogens with one attached hydrogen (secondary N) is 1. The van der Waals surface area contributed by atoms with Gasteiger partial charge in [-0.3, -0.25) is 4.79 Å². The van der Waals surface area contributed by atoms with Gasteiger partial charge in [0, 0.05) is 0 Å². The first-order valence-electron chi connectivity index (χ1n) is 6.79. The molecule has 0 spiro atoms. The van der Waals surface area contributed by atoms with Crippen LogP contribution in [0.15, 0.2) is 24.3 Å². The Kier molecular flexibility index (Phi) is 4.37. The Balaban J connectivity index is 2.11. The summed E-state index contributed by atoms with van der Waals surface area (Å²) in [5.41, 5.74) is 7.71. The zero-order valence-electron chi connectivity index (χ0n) is 11.0. The number of carbonyl (C=O) groups is 1. The van der Waals surface area contributed by atoms with Crippen LogP contribution in [0.5, 0.6) is 0 Å². The van der Waals surface area contributed by atoms with Gasteiger partial charge < -0.3 is 11.1 Å². The Morgan fingerprint density at radius 2 is 1.83 bits per heavy atom. The molecule has 0 aromatic heterocycles. The number of primary amides is 1. The molecule has 0 radical (unpaired) electrons. The number of likely N-dealkylation sites (N-methyl/N-ethyl adjacent to an activating group) is 1. The van der Waals surface area contributed by atoms with E-state index in [0.29, 0.717) is 5.92 Å². The van der Waals surface area contributed by atoms with E-state index in [1.54, 1.807) is 7.05 Å². The second-order valence-corrected chi connectivity index (χ2v) is 5.13. The molecule has 2 rings (SSSR count). The summed E-state index contributed by atoms with van der Waals surface area (Å²) in [5.74, 6) is 0.373. The van der Waals surface area contributed by atoms with Gasteiger partial charge in [0.1, 0.15) is 6.04 Å². The SMILES string of the molecule is CNC(C(N)=O)c1ccc(C2CCCCC2)cc1. The molecule has 0 bridgehead atoms. The van der Waals surface area contributed by atoms with Crippen LogP contribution >= 0.6 is 0 Å².